The minimum absolute atomic E-state index is 0.0347. The molecule has 0 bridgehead atoms. The molecule has 0 aliphatic heterocycles. The van der Waals surface area contributed by atoms with Crippen LogP contribution in [0.2, 0.25) is 0 Å². The molecule has 4 aromatic rings. The number of nitrogens with zero attached hydrogens (tertiary/aromatic N) is 3. The first-order valence-corrected chi connectivity index (χ1v) is 10.1. The highest BCUT2D eigenvalue weighted by atomic mass is 19.4. The van der Waals surface area contributed by atoms with Crippen LogP contribution < -0.4 is 19.5 Å². The van der Waals surface area contributed by atoms with Gasteiger partial charge in [-0.3, -0.25) is 0 Å². The second-order valence-electron chi connectivity index (χ2n) is 7.32. The van der Waals surface area contributed by atoms with E-state index in [4.69, 9.17) is 9.47 Å². The monoisotopic (exact) mass is 492 g/mol. The third-order valence-electron chi connectivity index (χ3n) is 5.05. The molecule has 0 aliphatic rings. The van der Waals surface area contributed by atoms with Crippen molar-refractivity contribution in [2.24, 2.45) is 0 Å². The predicted octanol–water partition coefficient (Wildman–Crippen LogP) is 5.02. The number of nitrogens with one attached hydrogen (secondary N) is 1. The summed E-state index contributed by atoms with van der Waals surface area (Å²) in [5.41, 5.74) is -0.448. The molecule has 2 heterocycles. The Kier molecular flexibility index (Phi) is 6.54. The Morgan fingerprint density at radius 3 is 2.51 bits per heavy atom. The number of aromatic nitrogens is 3. The van der Waals surface area contributed by atoms with Gasteiger partial charge in [0.25, 0.3) is 0 Å². The summed E-state index contributed by atoms with van der Waals surface area (Å²) in [5, 5.41) is 14.8. The van der Waals surface area contributed by atoms with Gasteiger partial charge in [-0.1, -0.05) is 6.07 Å². The number of pyridine rings is 1. The maximum Gasteiger partial charge on any atom is 0.417 e. The van der Waals surface area contributed by atoms with Crippen LogP contribution >= 0.6 is 0 Å². The molecule has 35 heavy (non-hydrogen) atoms. The topological polar surface area (TPSA) is 83.2 Å². The second-order valence-corrected chi connectivity index (χ2v) is 7.32. The van der Waals surface area contributed by atoms with Gasteiger partial charge in [-0.05, 0) is 36.2 Å². The maximum absolute atomic E-state index is 14.2. The van der Waals surface area contributed by atoms with Crippen molar-refractivity contribution in [2.45, 2.75) is 12.6 Å². The number of hydrogen-bond acceptors (Lipinski definition) is 6. The van der Waals surface area contributed by atoms with Crippen LogP contribution in [0.5, 0.6) is 17.4 Å². The summed E-state index contributed by atoms with van der Waals surface area (Å²) in [6.45, 7) is 0.277. The number of hydrogen-bond donors (Lipinski definition) is 1. The third kappa shape index (κ3) is 5.15. The van der Waals surface area contributed by atoms with E-state index in [1.165, 1.54) is 13.2 Å². The minimum Gasteiger partial charge on any atom is -0.616 e. The summed E-state index contributed by atoms with van der Waals surface area (Å²) >= 11 is 0. The normalized spacial score (nSPS) is 11.5. The van der Waals surface area contributed by atoms with Crippen LogP contribution in [-0.4, -0.2) is 23.6 Å². The molecule has 0 atom stereocenters. The molecule has 0 radical (unpaired) electrons. The highest BCUT2D eigenvalue weighted by Gasteiger charge is 2.33. The molecular weight excluding hydrogens is 475 g/mol. The summed E-state index contributed by atoms with van der Waals surface area (Å²) in [6, 6.07) is 7.87. The van der Waals surface area contributed by atoms with Crippen molar-refractivity contribution < 1.29 is 36.2 Å². The zero-order valence-corrected chi connectivity index (χ0v) is 18.1. The average molecular weight is 492 g/mol. The average Bonchev–Trinajstić information content (AvgIpc) is 2.83. The molecule has 4 rings (SSSR count). The lowest BCUT2D eigenvalue weighted by atomic mass is 10.1. The van der Waals surface area contributed by atoms with Gasteiger partial charge in [0, 0.05) is 12.6 Å². The molecular formula is C23H17F5N4O3. The Labute approximate surface area is 195 Å². The van der Waals surface area contributed by atoms with Crippen molar-refractivity contribution in [3.8, 4) is 17.4 Å². The number of ether oxygens (including phenoxy) is 2. The van der Waals surface area contributed by atoms with Crippen molar-refractivity contribution in [2.75, 3.05) is 19.0 Å². The highest BCUT2D eigenvalue weighted by molar-refractivity contribution is 5.89. The van der Waals surface area contributed by atoms with Gasteiger partial charge < -0.3 is 20.0 Å². The minimum atomic E-state index is -4.64. The van der Waals surface area contributed by atoms with E-state index < -0.39 is 29.3 Å². The molecule has 0 amide bonds. The van der Waals surface area contributed by atoms with Gasteiger partial charge in [0.1, 0.15) is 29.3 Å². The van der Waals surface area contributed by atoms with Crippen LogP contribution in [0.15, 0.2) is 55.0 Å². The Balaban J connectivity index is 1.49. The third-order valence-corrected chi connectivity index (χ3v) is 5.05. The lowest BCUT2D eigenvalue weighted by molar-refractivity contribution is -0.611. The van der Waals surface area contributed by atoms with Crippen LogP contribution in [0.1, 0.15) is 11.1 Å². The van der Waals surface area contributed by atoms with E-state index in [-0.39, 0.29) is 39.5 Å². The van der Waals surface area contributed by atoms with Crippen molar-refractivity contribution in [3.63, 3.8) is 0 Å². The Morgan fingerprint density at radius 1 is 1.00 bits per heavy atom. The molecule has 0 unspecified atom stereocenters. The predicted molar refractivity (Wildman–Crippen MR) is 115 cm³/mol. The number of alkyl halides is 3. The van der Waals surface area contributed by atoms with Gasteiger partial charge in [0.2, 0.25) is 0 Å². The Bertz CT molecular complexity index is 1380. The van der Waals surface area contributed by atoms with E-state index in [9.17, 15) is 27.2 Å². The van der Waals surface area contributed by atoms with Gasteiger partial charge >= 0.3 is 12.1 Å². The molecule has 0 aliphatic carbocycles. The first kappa shape index (κ1) is 23.9. The SMILES string of the molecule is COc1cc(CCNc2ncnc3c(F)ccc(F)c23)ccc1Oc1cc(C(F)(F)F)cc[n+]1[O-]. The van der Waals surface area contributed by atoms with Crippen LogP contribution in [0.25, 0.3) is 10.9 Å². The Morgan fingerprint density at radius 2 is 1.77 bits per heavy atom. The number of halogens is 5. The van der Waals surface area contributed by atoms with Crippen molar-refractivity contribution in [1.29, 1.82) is 0 Å². The first-order valence-electron chi connectivity index (χ1n) is 10.1. The van der Waals surface area contributed by atoms with Gasteiger partial charge in [0.15, 0.2) is 17.7 Å². The van der Waals surface area contributed by atoms with Gasteiger partial charge in [0.05, 0.1) is 24.1 Å². The standard InChI is InChI=1S/C23H17F5N4O3/c1-34-18-10-13(2-5-17(18)35-19-11-14(23(26,27)28)7-9-32(19)33)6-8-29-22-20-15(24)3-4-16(25)21(20)30-12-31-22/h2-5,7,9-12H,6,8H2,1H3,(H,29,30,31). The zero-order chi connectivity index (χ0) is 25.2. The van der Waals surface area contributed by atoms with E-state index in [0.29, 0.717) is 24.8 Å². The molecule has 1 N–H and O–H groups in total. The fourth-order valence-electron chi connectivity index (χ4n) is 3.34. The van der Waals surface area contributed by atoms with E-state index in [0.717, 1.165) is 24.0 Å². The zero-order valence-electron chi connectivity index (χ0n) is 18.1. The van der Waals surface area contributed by atoms with Gasteiger partial charge in [-0.15, -0.1) is 4.73 Å². The first-order chi connectivity index (χ1) is 16.7. The highest BCUT2D eigenvalue weighted by Crippen LogP contribution is 2.34. The van der Waals surface area contributed by atoms with Crippen LogP contribution in [-0.2, 0) is 12.6 Å². The molecule has 7 nitrogen and oxygen atoms in total. The largest absolute Gasteiger partial charge is 0.616 e. The van der Waals surface area contributed by atoms with Crippen molar-refractivity contribution in [1.82, 2.24) is 9.97 Å². The Hall–Kier alpha value is -4.22. The fraction of sp³-hybridized carbons (Fsp3) is 0.174. The van der Waals surface area contributed by atoms with Gasteiger partial charge in [-0.25, -0.2) is 18.7 Å². The van der Waals surface area contributed by atoms with Gasteiger partial charge in [-0.2, -0.15) is 13.2 Å². The summed E-state index contributed by atoms with van der Waals surface area (Å²) in [6.07, 6.45) is -2.42. The van der Waals surface area contributed by atoms with Crippen LogP contribution in [0, 0.1) is 16.8 Å². The second kappa shape index (κ2) is 9.57. The van der Waals surface area contributed by atoms with Crippen molar-refractivity contribution in [3.05, 3.63) is 83.0 Å². The molecule has 2 aromatic carbocycles. The summed E-state index contributed by atoms with van der Waals surface area (Å²) in [5.74, 6) is -1.57. The quantitative estimate of drug-likeness (QED) is 0.222. The molecule has 12 heteroatoms. The number of methoxy groups -OCH3 is 1. The maximum atomic E-state index is 14.2. The molecule has 0 saturated heterocycles. The summed E-state index contributed by atoms with van der Waals surface area (Å²) < 4.78 is 77.8. The number of rotatable bonds is 7. The van der Waals surface area contributed by atoms with E-state index in [1.54, 1.807) is 12.1 Å². The van der Waals surface area contributed by atoms with E-state index >= 15 is 0 Å². The number of fused-ring (bicyclic) bond motifs is 1. The molecule has 182 valence electrons. The van der Waals surface area contributed by atoms with Crippen LogP contribution in [0.4, 0.5) is 27.8 Å². The molecule has 0 spiro atoms. The van der Waals surface area contributed by atoms with Crippen molar-refractivity contribution >= 4 is 16.7 Å². The molecule has 0 saturated carbocycles. The van der Waals surface area contributed by atoms with E-state index in [2.05, 4.69) is 15.3 Å². The number of benzene rings is 2. The summed E-state index contributed by atoms with van der Waals surface area (Å²) in [4.78, 5) is 7.76. The molecule has 2 aromatic heterocycles. The smallest absolute Gasteiger partial charge is 0.417 e. The lowest BCUT2D eigenvalue weighted by Crippen LogP contribution is -2.28. The van der Waals surface area contributed by atoms with Crippen LogP contribution in [0.3, 0.4) is 0 Å². The fourth-order valence-corrected chi connectivity index (χ4v) is 3.34. The summed E-state index contributed by atoms with van der Waals surface area (Å²) in [7, 11) is 1.34. The number of anilines is 1. The lowest BCUT2D eigenvalue weighted by Gasteiger charge is -2.13. The molecule has 0 fully saturated rings. The van der Waals surface area contributed by atoms with E-state index in [1.807, 2.05) is 0 Å².